The van der Waals surface area contributed by atoms with Gasteiger partial charge in [0.25, 0.3) is 0 Å². The van der Waals surface area contributed by atoms with Crippen molar-refractivity contribution in [2.24, 2.45) is 0 Å². The van der Waals surface area contributed by atoms with Crippen LogP contribution in [-0.2, 0) is 0 Å². The van der Waals surface area contributed by atoms with Gasteiger partial charge in [0.05, 0.1) is 22.9 Å². The van der Waals surface area contributed by atoms with Crippen LogP contribution in [0.4, 0.5) is 4.39 Å². The van der Waals surface area contributed by atoms with Gasteiger partial charge in [-0.25, -0.2) is 14.1 Å². The Labute approximate surface area is 300 Å². The van der Waals surface area contributed by atoms with E-state index in [9.17, 15) is 4.39 Å². The zero-order chi connectivity index (χ0) is 35.8. The van der Waals surface area contributed by atoms with Gasteiger partial charge in [0.15, 0.2) is 0 Å². The summed E-state index contributed by atoms with van der Waals surface area (Å²) in [6, 6.07) is 25.0. The third kappa shape index (κ3) is 6.33. The van der Waals surface area contributed by atoms with E-state index in [0.29, 0.717) is 29.2 Å². The van der Waals surface area contributed by atoms with Crippen LogP contribution in [0.3, 0.4) is 0 Å². The van der Waals surface area contributed by atoms with E-state index < -0.39 is 0 Å². The molecule has 0 saturated carbocycles. The van der Waals surface area contributed by atoms with E-state index in [1.165, 1.54) is 51.7 Å². The summed E-state index contributed by atoms with van der Waals surface area (Å²) < 4.78 is 24.8. The number of halogens is 1. The molecule has 0 radical (unpaired) electrons. The average molecular weight is 679 g/mol. The quantitative estimate of drug-likeness (QED) is 0.137. The summed E-state index contributed by atoms with van der Waals surface area (Å²) in [6.45, 7) is 16.2. The lowest BCUT2D eigenvalue weighted by molar-refractivity contribution is 0.483. The highest BCUT2D eigenvalue weighted by atomic mass is 19.1. The lowest BCUT2D eigenvalue weighted by Crippen LogP contribution is -2.10. The molecule has 6 heteroatoms. The van der Waals surface area contributed by atoms with Gasteiger partial charge >= 0.3 is 0 Å². The van der Waals surface area contributed by atoms with Crippen LogP contribution in [0.2, 0.25) is 0 Å². The molecule has 0 saturated heterocycles. The molecule has 0 amide bonds. The molecule has 0 spiro atoms. The van der Waals surface area contributed by atoms with Crippen molar-refractivity contribution >= 4 is 21.8 Å². The van der Waals surface area contributed by atoms with Crippen LogP contribution in [-0.4, -0.2) is 19.3 Å². The monoisotopic (exact) mass is 678 g/mol. The van der Waals surface area contributed by atoms with Crippen molar-refractivity contribution in [3.63, 3.8) is 0 Å². The highest BCUT2D eigenvalue weighted by Gasteiger charge is 2.26. The summed E-state index contributed by atoms with van der Waals surface area (Å²) in [5.74, 6) is 2.47. The fourth-order valence-electron chi connectivity index (χ4n) is 8.10. The van der Waals surface area contributed by atoms with Crippen molar-refractivity contribution in [1.82, 2.24) is 19.3 Å². The molecule has 0 aliphatic rings. The number of fused-ring (bicyclic) bond motifs is 3. The van der Waals surface area contributed by atoms with Gasteiger partial charge < -0.3 is 4.74 Å². The number of hydrogen-bond donors (Lipinski definition) is 0. The summed E-state index contributed by atoms with van der Waals surface area (Å²) in [4.78, 5) is 4.50. The van der Waals surface area contributed by atoms with Crippen molar-refractivity contribution < 1.29 is 9.13 Å². The van der Waals surface area contributed by atoms with E-state index in [1.54, 1.807) is 0 Å². The number of aromatic nitrogens is 4. The standard InChI is InChI=1S/C45H47FN4O/c1-8-13-28(3)43-31(6)30(5)32(7)44(29(4)14-9-2)45(43)33-26-48-49(27-33)35-15-12-16-36(24-35)51-37-19-20-39-38-17-10-11-18-40(38)50(41(39)25-37)42-23-34(46)21-22-47-42/h10-12,15-29H,8-9,13-14H2,1-7H3/t28-,29?/m1/s1. The molecule has 0 aliphatic carbocycles. The van der Waals surface area contributed by atoms with Gasteiger partial charge in [0.2, 0.25) is 0 Å². The Kier molecular flexibility index (Phi) is 9.52. The van der Waals surface area contributed by atoms with Gasteiger partial charge in [-0.1, -0.05) is 64.8 Å². The molecule has 5 nitrogen and oxygen atoms in total. The minimum absolute atomic E-state index is 0.331. The smallest absolute Gasteiger partial charge is 0.140 e. The van der Waals surface area contributed by atoms with Gasteiger partial charge in [-0.2, -0.15) is 5.10 Å². The van der Waals surface area contributed by atoms with Crippen molar-refractivity contribution in [3.05, 3.63) is 131 Å². The molecule has 7 aromatic rings. The second-order valence-corrected chi connectivity index (χ2v) is 14.1. The fourth-order valence-corrected chi connectivity index (χ4v) is 8.10. The Morgan fingerprint density at radius 1 is 0.725 bits per heavy atom. The second kappa shape index (κ2) is 14.2. The largest absolute Gasteiger partial charge is 0.457 e. The molecule has 260 valence electrons. The molecule has 0 fully saturated rings. The maximum absolute atomic E-state index is 14.3. The molecule has 1 unspecified atom stereocenters. The minimum atomic E-state index is -0.331. The molecule has 0 bridgehead atoms. The molecule has 4 aromatic carbocycles. The van der Waals surface area contributed by atoms with E-state index in [0.717, 1.165) is 58.7 Å². The maximum Gasteiger partial charge on any atom is 0.140 e. The second-order valence-electron chi connectivity index (χ2n) is 14.1. The van der Waals surface area contributed by atoms with Crippen molar-refractivity contribution in [3.8, 4) is 34.1 Å². The summed E-state index contributed by atoms with van der Waals surface area (Å²) in [6.07, 6.45) is 10.3. The lowest BCUT2D eigenvalue weighted by atomic mass is 9.76. The van der Waals surface area contributed by atoms with Gasteiger partial charge in [-0.3, -0.25) is 4.57 Å². The zero-order valence-electron chi connectivity index (χ0n) is 30.8. The highest BCUT2D eigenvalue weighted by molar-refractivity contribution is 6.09. The molecule has 3 aromatic heterocycles. The summed E-state index contributed by atoms with van der Waals surface area (Å²) in [5.41, 5.74) is 12.5. The average Bonchev–Trinajstić information content (AvgIpc) is 3.74. The number of hydrogen-bond acceptors (Lipinski definition) is 3. The third-order valence-electron chi connectivity index (χ3n) is 10.7. The SMILES string of the molecule is CCCC(C)c1c(C)c(C)c(C)c([C@H](C)CCC)c1-c1cnn(-c2cccc(Oc3ccc4c5ccccc5n(-c5cc(F)ccn5)c4c3)c2)c1. The molecule has 0 aliphatic heterocycles. The van der Waals surface area contributed by atoms with Crippen molar-refractivity contribution in [2.45, 2.75) is 86.0 Å². The molecule has 0 N–H and O–H groups in total. The van der Waals surface area contributed by atoms with Gasteiger partial charge in [-0.05, 0) is 115 Å². The van der Waals surface area contributed by atoms with Crippen LogP contribution in [0, 0.1) is 26.6 Å². The van der Waals surface area contributed by atoms with Gasteiger partial charge in [0, 0.05) is 46.9 Å². The molecular formula is C45H47FN4O. The molecular weight excluding hydrogens is 632 g/mol. The Hall–Kier alpha value is -5.23. The summed E-state index contributed by atoms with van der Waals surface area (Å²) in [5, 5.41) is 7.04. The number of pyridine rings is 1. The Balaban J connectivity index is 1.27. The number of benzene rings is 4. The minimum Gasteiger partial charge on any atom is -0.457 e. The van der Waals surface area contributed by atoms with E-state index in [2.05, 4.69) is 77.8 Å². The van der Waals surface area contributed by atoms with E-state index in [1.807, 2.05) is 64.0 Å². The van der Waals surface area contributed by atoms with E-state index in [4.69, 9.17) is 9.84 Å². The van der Waals surface area contributed by atoms with Crippen molar-refractivity contribution in [1.29, 1.82) is 0 Å². The first-order valence-corrected chi connectivity index (χ1v) is 18.3. The van der Waals surface area contributed by atoms with Crippen LogP contribution >= 0.6 is 0 Å². The molecule has 51 heavy (non-hydrogen) atoms. The predicted octanol–water partition coefficient (Wildman–Crippen LogP) is 12.7. The number of rotatable bonds is 11. The van der Waals surface area contributed by atoms with Crippen LogP contribution in [0.5, 0.6) is 11.5 Å². The van der Waals surface area contributed by atoms with Crippen LogP contribution in [0.25, 0.3) is 44.4 Å². The first kappa shape index (κ1) is 34.2. The summed E-state index contributed by atoms with van der Waals surface area (Å²) >= 11 is 0. The Bertz CT molecular complexity index is 2330. The lowest BCUT2D eigenvalue weighted by Gasteiger charge is -2.28. The molecule has 3 heterocycles. The van der Waals surface area contributed by atoms with Crippen LogP contribution in [0.1, 0.15) is 93.0 Å². The zero-order valence-corrected chi connectivity index (χ0v) is 30.8. The maximum atomic E-state index is 14.3. The highest BCUT2D eigenvalue weighted by Crippen LogP contribution is 2.44. The molecule has 7 rings (SSSR count). The van der Waals surface area contributed by atoms with Gasteiger partial charge in [0.1, 0.15) is 23.1 Å². The molecule has 2 atom stereocenters. The Morgan fingerprint density at radius 2 is 1.41 bits per heavy atom. The summed E-state index contributed by atoms with van der Waals surface area (Å²) in [7, 11) is 0. The number of para-hydroxylation sites is 1. The fraction of sp³-hybridized carbons (Fsp3) is 0.289. The first-order chi connectivity index (χ1) is 24.7. The van der Waals surface area contributed by atoms with E-state index >= 15 is 0 Å². The van der Waals surface area contributed by atoms with Crippen LogP contribution < -0.4 is 4.74 Å². The first-order valence-electron chi connectivity index (χ1n) is 18.3. The van der Waals surface area contributed by atoms with Crippen LogP contribution in [0.15, 0.2) is 97.5 Å². The topological polar surface area (TPSA) is 44.9 Å². The third-order valence-corrected chi connectivity index (χ3v) is 10.7. The number of ether oxygens (including phenoxy) is 1. The number of nitrogens with zero attached hydrogens (tertiary/aromatic N) is 4. The Morgan fingerprint density at radius 3 is 2.12 bits per heavy atom. The predicted molar refractivity (Wildman–Crippen MR) is 208 cm³/mol. The van der Waals surface area contributed by atoms with Gasteiger partial charge in [-0.15, -0.1) is 0 Å². The normalized spacial score (nSPS) is 12.9. The van der Waals surface area contributed by atoms with E-state index in [-0.39, 0.29) is 5.82 Å². The van der Waals surface area contributed by atoms with Crippen molar-refractivity contribution in [2.75, 3.05) is 0 Å².